The number of carbonyl (C=O) groups excluding carboxylic acids is 1. The molecule has 2 aliphatic heterocycles. The summed E-state index contributed by atoms with van der Waals surface area (Å²) in [6.45, 7) is 7.53. The van der Waals surface area contributed by atoms with Crippen LogP contribution in [0.15, 0.2) is 0 Å². The number of likely N-dealkylation sites (tertiary alicyclic amines) is 1. The second-order valence-corrected chi connectivity index (χ2v) is 6.29. The molecule has 1 amide bonds. The molecule has 4 nitrogen and oxygen atoms in total. The van der Waals surface area contributed by atoms with Crippen LogP contribution in [0.1, 0.15) is 27.2 Å². The molecule has 0 saturated carbocycles. The topological polar surface area (TPSA) is 32.8 Å². The summed E-state index contributed by atoms with van der Waals surface area (Å²) in [6, 6.07) is 0.875. The zero-order valence-electron chi connectivity index (χ0n) is 10.4. The van der Waals surface area contributed by atoms with Gasteiger partial charge in [0, 0.05) is 19.1 Å². The van der Waals surface area contributed by atoms with Crippen LogP contribution in [0.3, 0.4) is 0 Å². The van der Waals surface area contributed by atoms with Crippen LogP contribution in [-0.4, -0.2) is 52.3 Å². The molecule has 2 atom stereocenters. The maximum absolute atomic E-state index is 11.9. The van der Waals surface area contributed by atoms with E-state index in [4.69, 9.17) is 4.74 Å². The number of piperazine rings is 1. The normalized spacial score (nSPS) is 29.9. The van der Waals surface area contributed by atoms with Crippen molar-refractivity contribution in [1.82, 2.24) is 9.21 Å². The molecule has 0 N–H and O–H groups in total. The standard InChI is InChI=1S/C11H20N2O2S/c1-11(2,3)15-10(14)12-6-9-5-8(12)7-13(9)16-4/h8-9H,5-7H2,1-4H3. The maximum Gasteiger partial charge on any atom is 0.410 e. The molecular weight excluding hydrogens is 224 g/mol. The van der Waals surface area contributed by atoms with Crippen molar-refractivity contribution in [3.8, 4) is 0 Å². The number of amides is 1. The third kappa shape index (κ3) is 2.30. The zero-order chi connectivity index (χ0) is 11.9. The van der Waals surface area contributed by atoms with Crippen molar-refractivity contribution < 1.29 is 9.53 Å². The maximum atomic E-state index is 11.9. The van der Waals surface area contributed by atoms with Gasteiger partial charge in [0.2, 0.25) is 0 Å². The van der Waals surface area contributed by atoms with Gasteiger partial charge in [0.25, 0.3) is 0 Å². The molecule has 2 rings (SSSR count). The molecule has 2 heterocycles. The Labute approximate surface area is 101 Å². The molecule has 16 heavy (non-hydrogen) atoms. The average Bonchev–Trinajstić information content (AvgIpc) is 2.72. The summed E-state index contributed by atoms with van der Waals surface area (Å²) in [7, 11) is 0. The predicted octanol–water partition coefficient (Wildman–Crippen LogP) is 1.96. The highest BCUT2D eigenvalue weighted by molar-refractivity contribution is 7.96. The summed E-state index contributed by atoms with van der Waals surface area (Å²) in [5.74, 6) is 0. The van der Waals surface area contributed by atoms with E-state index in [-0.39, 0.29) is 6.09 Å². The average molecular weight is 244 g/mol. The Hall–Kier alpha value is -0.420. The van der Waals surface area contributed by atoms with Crippen LogP contribution in [0.5, 0.6) is 0 Å². The van der Waals surface area contributed by atoms with Crippen LogP contribution in [0, 0.1) is 0 Å². The molecule has 0 aliphatic carbocycles. The first kappa shape index (κ1) is 12.0. The number of nitrogens with zero attached hydrogens (tertiary/aromatic N) is 2. The molecule has 0 aromatic carbocycles. The molecule has 0 aromatic rings. The molecule has 92 valence electrons. The van der Waals surface area contributed by atoms with Gasteiger partial charge in [-0.2, -0.15) is 0 Å². The molecule has 5 heteroatoms. The van der Waals surface area contributed by atoms with Gasteiger partial charge in [0.1, 0.15) is 5.60 Å². The van der Waals surface area contributed by atoms with E-state index in [9.17, 15) is 4.79 Å². The summed E-state index contributed by atoms with van der Waals surface area (Å²) < 4.78 is 7.77. The lowest BCUT2D eigenvalue weighted by Gasteiger charge is -2.33. The van der Waals surface area contributed by atoms with E-state index in [1.165, 1.54) is 0 Å². The minimum Gasteiger partial charge on any atom is -0.444 e. The number of carbonyl (C=O) groups is 1. The fourth-order valence-electron chi connectivity index (χ4n) is 2.40. The van der Waals surface area contributed by atoms with Crippen LogP contribution in [-0.2, 0) is 4.74 Å². The molecule has 2 unspecified atom stereocenters. The smallest absolute Gasteiger partial charge is 0.410 e. The lowest BCUT2D eigenvalue weighted by molar-refractivity contribution is 0.0177. The van der Waals surface area contributed by atoms with Gasteiger partial charge in [0.15, 0.2) is 0 Å². The van der Waals surface area contributed by atoms with Crippen LogP contribution in [0.25, 0.3) is 0 Å². The first-order valence-electron chi connectivity index (χ1n) is 5.71. The zero-order valence-corrected chi connectivity index (χ0v) is 11.2. The van der Waals surface area contributed by atoms with Crippen molar-refractivity contribution in [2.45, 2.75) is 44.9 Å². The van der Waals surface area contributed by atoms with E-state index in [0.29, 0.717) is 12.1 Å². The molecule has 0 radical (unpaired) electrons. The number of hydrogen-bond donors (Lipinski definition) is 0. The van der Waals surface area contributed by atoms with Gasteiger partial charge < -0.3 is 9.64 Å². The number of rotatable bonds is 1. The highest BCUT2D eigenvalue weighted by Gasteiger charge is 2.46. The lowest BCUT2D eigenvalue weighted by Crippen LogP contribution is -2.48. The Morgan fingerprint density at radius 3 is 2.44 bits per heavy atom. The van der Waals surface area contributed by atoms with Crippen molar-refractivity contribution >= 4 is 18.0 Å². The van der Waals surface area contributed by atoms with Crippen LogP contribution < -0.4 is 0 Å². The fraction of sp³-hybridized carbons (Fsp3) is 0.909. The van der Waals surface area contributed by atoms with Crippen molar-refractivity contribution in [3.63, 3.8) is 0 Å². The van der Waals surface area contributed by atoms with Crippen LogP contribution in [0.2, 0.25) is 0 Å². The second-order valence-electron chi connectivity index (χ2n) is 5.46. The number of fused-ring (bicyclic) bond motifs is 2. The highest BCUT2D eigenvalue weighted by atomic mass is 32.2. The van der Waals surface area contributed by atoms with Gasteiger partial charge in [-0.05, 0) is 33.4 Å². The van der Waals surface area contributed by atoms with E-state index >= 15 is 0 Å². The number of hydrogen-bond acceptors (Lipinski definition) is 4. The van der Waals surface area contributed by atoms with Gasteiger partial charge in [-0.1, -0.05) is 11.9 Å². The minimum absolute atomic E-state index is 0.152. The molecule has 2 bridgehead atoms. The largest absolute Gasteiger partial charge is 0.444 e. The molecule has 2 saturated heterocycles. The summed E-state index contributed by atoms with van der Waals surface area (Å²) in [5.41, 5.74) is -0.391. The SMILES string of the molecule is CSN1CC2CC1CN2C(=O)OC(C)(C)C. The Morgan fingerprint density at radius 2 is 2.00 bits per heavy atom. The molecule has 2 fully saturated rings. The van der Waals surface area contributed by atoms with Gasteiger partial charge in [-0.15, -0.1) is 0 Å². The quantitative estimate of drug-likeness (QED) is 0.660. The number of ether oxygens (including phenoxy) is 1. The molecular formula is C11H20N2O2S. The van der Waals surface area contributed by atoms with Crippen LogP contribution in [0.4, 0.5) is 4.79 Å². The summed E-state index contributed by atoms with van der Waals surface area (Å²) in [5, 5.41) is 0. The molecule has 2 aliphatic rings. The van der Waals surface area contributed by atoms with Gasteiger partial charge in [-0.3, -0.25) is 0 Å². The van der Waals surface area contributed by atoms with Crippen LogP contribution >= 0.6 is 11.9 Å². The Kier molecular flexibility index (Phi) is 3.09. The molecule has 0 spiro atoms. The Morgan fingerprint density at radius 1 is 1.31 bits per heavy atom. The third-order valence-corrected chi connectivity index (χ3v) is 3.97. The van der Waals surface area contributed by atoms with E-state index in [0.717, 1.165) is 19.5 Å². The summed E-state index contributed by atoms with van der Waals surface area (Å²) in [4.78, 5) is 13.8. The van der Waals surface area contributed by atoms with Crippen molar-refractivity contribution in [2.75, 3.05) is 19.3 Å². The first-order valence-corrected chi connectivity index (χ1v) is 6.89. The first-order chi connectivity index (χ1) is 7.40. The van der Waals surface area contributed by atoms with E-state index in [2.05, 4.69) is 10.6 Å². The highest BCUT2D eigenvalue weighted by Crippen LogP contribution is 2.34. The van der Waals surface area contributed by atoms with E-state index < -0.39 is 5.60 Å². The minimum atomic E-state index is -0.391. The predicted molar refractivity (Wildman–Crippen MR) is 65.4 cm³/mol. The van der Waals surface area contributed by atoms with Gasteiger partial charge in [-0.25, -0.2) is 9.10 Å². The van der Waals surface area contributed by atoms with E-state index in [1.54, 1.807) is 11.9 Å². The van der Waals surface area contributed by atoms with Gasteiger partial charge in [0.05, 0.1) is 6.04 Å². The van der Waals surface area contributed by atoms with Crippen molar-refractivity contribution in [3.05, 3.63) is 0 Å². The summed E-state index contributed by atoms with van der Waals surface area (Å²) in [6.07, 6.45) is 3.04. The van der Waals surface area contributed by atoms with Crippen molar-refractivity contribution in [2.24, 2.45) is 0 Å². The van der Waals surface area contributed by atoms with E-state index in [1.807, 2.05) is 25.7 Å². The summed E-state index contributed by atoms with van der Waals surface area (Å²) >= 11 is 1.78. The third-order valence-electron chi connectivity index (χ3n) is 3.05. The molecule has 0 aromatic heterocycles. The second kappa shape index (κ2) is 4.11. The Balaban J connectivity index is 1.93. The van der Waals surface area contributed by atoms with Gasteiger partial charge >= 0.3 is 6.09 Å². The van der Waals surface area contributed by atoms with Crippen molar-refractivity contribution in [1.29, 1.82) is 0 Å². The Bertz CT molecular complexity index is 290. The monoisotopic (exact) mass is 244 g/mol. The fourth-order valence-corrected chi connectivity index (χ4v) is 3.17. The lowest BCUT2D eigenvalue weighted by atomic mass is 10.2.